The van der Waals surface area contributed by atoms with Crippen LogP contribution in [-0.4, -0.2) is 44.0 Å². The minimum Gasteiger partial charge on any atom is -0.263 e. The normalized spacial score (nSPS) is 15.0. The van der Waals surface area contributed by atoms with Crippen molar-refractivity contribution in [3.8, 4) is 5.69 Å². The number of nitrogens with zero attached hydrogens (tertiary/aromatic N) is 4. The van der Waals surface area contributed by atoms with Crippen LogP contribution in [0.25, 0.3) is 5.69 Å². The van der Waals surface area contributed by atoms with Crippen molar-refractivity contribution in [1.29, 1.82) is 0 Å². The van der Waals surface area contributed by atoms with Crippen LogP contribution in [0.3, 0.4) is 0 Å². The summed E-state index contributed by atoms with van der Waals surface area (Å²) in [7, 11) is 0. The van der Waals surface area contributed by atoms with Crippen molar-refractivity contribution in [2.45, 2.75) is 13.5 Å². The van der Waals surface area contributed by atoms with Crippen LogP contribution in [0.5, 0.6) is 0 Å². The fourth-order valence-electron chi connectivity index (χ4n) is 2.30. The number of amides is 4. The molecule has 1 aromatic heterocycles. The molecule has 22 heavy (non-hydrogen) atoms. The minimum absolute atomic E-state index is 0.0141. The summed E-state index contributed by atoms with van der Waals surface area (Å²) in [6.07, 6.45) is 1.75. The Morgan fingerprint density at radius 3 is 2.27 bits per heavy atom. The van der Waals surface area contributed by atoms with Gasteiger partial charge in [-0.05, 0) is 25.1 Å². The number of likely N-dealkylation sites (N-methyl/N-ethyl adjacent to an activating group) is 1. The predicted molar refractivity (Wildman–Crippen MR) is 76.9 cm³/mol. The fourth-order valence-corrected chi connectivity index (χ4v) is 2.30. The number of aromatic nitrogens is 2. The Kier molecular flexibility index (Phi) is 3.46. The van der Waals surface area contributed by atoms with Crippen molar-refractivity contribution in [3.63, 3.8) is 0 Å². The van der Waals surface area contributed by atoms with E-state index in [4.69, 9.17) is 0 Å². The molecule has 1 fully saturated rings. The molecule has 1 aliphatic heterocycles. The molecule has 2 aromatic rings. The summed E-state index contributed by atoms with van der Waals surface area (Å²) in [4.78, 5) is 37.4. The smallest absolute Gasteiger partial charge is 0.263 e. The molecule has 1 aromatic carbocycles. The first-order chi connectivity index (χ1) is 10.6. The van der Waals surface area contributed by atoms with Crippen molar-refractivity contribution in [2.75, 3.05) is 6.54 Å². The molecule has 1 saturated heterocycles. The highest BCUT2D eigenvalue weighted by Crippen LogP contribution is 2.15. The third kappa shape index (κ3) is 2.26. The molecule has 0 aliphatic carbocycles. The monoisotopic (exact) mass is 298 g/mol. The van der Waals surface area contributed by atoms with E-state index < -0.39 is 17.8 Å². The first-order valence-electron chi connectivity index (χ1n) is 6.89. The summed E-state index contributed by atoms with van der Waals surface area (Å²) in [6, 6.07) is 10.6. The summed E-state index contributed by atoms with van der Waals surface area (Å²) in [5.41, 5.74) is 1.41. The van der Waals surface area contributed by atoms with E-state index in [0.29, 0.717) is 5.69 Å². The first-order valence-corrected chi connectivity index (χ1v) is 6.89. The zero-order valence-electron chi connectivity index (χ0n) is 12.0. The maximum absolute atomic E-state index is 12.0. The van der Waals surface area contributed by atoms with E-state index in [1.165, 1.54) is 0 Å². The number of carbonyl (C=O) groups is 3. The summed E-state index contributed by atoms with van der Waals surface area (Å²) in [5, 5.41) is 4.33. The highest BCUT2D eigenvalue weighted by Gasteiger charge is 2.43. The number of para-hydroxylation sites is 1. The van der Waals surface area contributed by atoms with E-state index >= 15 is 0 Å². The average Bonchev–Trinajstić information content (AvgIpc) is 3.08. The van der Waals surface area contributed by atoms with Gasteiger partial charge in [0.1, 0.15) is 0 Å². The third-order valence-electron chi connectivity index (χ3n) is 3.44. The molecule has 0 atom stereocenters. The second kappa shape index (κ2) is 5.44. The number of benzene rings is 1. The van der Waals surface area contributed by atoms with Gasteiger partial charge >= 0.3 is 17.8 Å². The minimum atomic E-state index is -0.805. The van der Waals surface area contributed by atoms with Gasteiger partial charge in [-0.2, -0.15) is 5.10 Å². The Hall–Kier alpha value is -2.96. The number of hydrogen-bond donors (Lipinski definition) is 0. The molecular formula is C15H14N4O3. The average molecular weight is 298 g/mol. The lowest BCUT2D eigenvalue weighted by atomic mass is 10.3. The molecule has 3 rings (SSSR count). The van der Waals surface area contributed by atoms with E-state index in [0.717, 1.165) is 15.5 Å². The van der Waals surface area contributed by atoms with Crippen molar-refractivity contribution >= 4 is 17.8 Å². The van der Waals surface area contributed by atoms with Gasteiger partial charge in [-0.25, -0.2) is 14.4 Å². The Bertz CT molecular complexity index is 738. The van der Waals surface area contributed by atoms with Gasteiger partial charge in [-0.15, -0.1) is 0 Å². The van der Waals surface area contributed by atoms with Gasteiger partial charge < -0.3 is 0 Å². The second-order valence-corrected chi connectivity index (χ2v) is 4.81. The van der Waals surface area contributed by atoms with Gasteiger partial charge in [0, 0.05) is 12.7 Å². The van der Waals surface area contributed by atoms with Crippen LogP contribution >= 0.6 is 0 Å². The van der Waals surface area contributed by atoms with E-state index in [1.54, 1.807) is 23.9 Å². The lowest BCUT2D eigenvalue weighted by Crippen LogP contribution is -2.33. The standard InChI is InChI=1S/C15H14N4O3/c1-2-17-13(20)14(21)18(15(17)22)10-11-8-9-19(16-11)12-6-4-3-5-7-12/h3-9H,2,10H2,1H3. The van der Waals surface area contributed by atoms with Crippen molar-refractivity contribution in [3.05, 3.63) is 48.3 Å². The van der Waals surface area contributed by atoms with Gasteiger partial charge in [-0.3, -0.25) is 14.5 Å². The quantitative estimate of drug-likeness (QED) is 0.627. The zero-order chi connectivity index (χ0) is 15.7. The number of urea groups is 1. The fraction of sp³-hybridized carbons (Fsp3) is 0.200. The molecule has 2 heterocycles. The summed E-state index contributed by atoms with van der Waals surface area (Å²) < 4.78 is 1.65. The Labute approximate surface area is 126 Å². The lowest BCUT2D eigenvalue weighted by Gasteiger charge is -2.12. The molecule has 0 bridgehead atoms. The number of rotatable bonds is 4. The molecular weight excluding hydrogens is 284 g/mol. The highest BCUT2D eigenvalue weighted by atomic mass is 16.2. The van der Waals surface area contributed by atoms with Crippen LogP contribution < -0.4 is 0 Å². The summed E-state index contributed by atoms with van der Waals surface area (Å²) >= 11 is 0. The lowest BCUT2D eigenvalue weighted by molar-refractivity contribution is -0.143. The van der Waals surface area contributed by atoms with Crippen molar-refractivity contribution < 1.29 is 14.4 Å². The van der Waals surface area contributed by atoms with Gasteiger partial charge in [0.2, 0.25) is 0 Å². The van der Waals surface area contributed by atoms with E-state index in [1.807, 2.05) is 30.3 Å². The van der Waals surface area contributed by atoms with E-state index in [-0.39, 0.29) is 13.1 Å². The van der Waals surface area contributed by atoms with Crippen LogP contribution in [0.2, 0.25) is 0 Å². The molecule has 0 saturated carbocycles. The molecule has 0 N–H and O–H groups in total. The number of hydrogen-bond acceptors (Lipinski definition) is 4. The maximum atomic E-state index is 12.0. The number of carbonyl (C=O) groups excluding carboxylic acids is 3. The van der Waals surface area contributed by atoms with E-state index in [2.05, 4.69) is 5.10 Å². The van der Waals surface area contributed by atoms with Gasteiger partial charge in [0.15, 0.2) is 0 Å². The van der Waals surface area contributed by atoms with Crippen LogP contribution in [0, 0.1) is 0 Å². The van der Waals surface area contributed by atoms with Gasteiger partial charge in [0.25, 0.3) is 0 Å². The van der Waals surface area contributed by atoms with Gasteiger partial charge in [-0.1, -0.05) is 18.2 Å². The second-order valence-electron chi connectivity index (χ2n) is 4.81. The molecule has 1 aliphatic rings. The molecule has 0 spiro atoms. The van der Waals surface area contributed by atoms with Crippen LogP contribution in [0.15, 0.2) is 42.6 Å². The van der Waals surface area contributed by atoms with E-state index in [9.17, 15) is 14.4 Å². The Balaban J connectivity index is 1.80. The van der Waals surface area contributed by atoms with Crippen LogP contribution in [0.4, 0.5) is 4.79 Å². The predicted octanol–water partition coefficient (Wildman–Crippen LogP) is 1.18. The highest BCUT2D eigenvalue weighted by molar-refractivity contribution is 6.44. The van der Waals surface area contributed by atoms with Crippen molar-refractivity contribution in [2.24, 2.45) is 0 Å². The molecule has 7 heteroatoms. The Morgan fingerprint density at radius 2 is 1.64 bits per heavy atom. The number of imide groups is 2. The third-order valence-corrected chi connectivity index (χ3v) is 3.44. The first kappa shape index (κ1) is 14.0. The largest absolute Gasteiger partial charge is 0.334 e. The molecule has 0 radical (unpaired) electrons. The summed E-state index contributed by atoms with van der Waals surface area (Å²) in [5.74, 6) is -1.59. The SMILES string of the molecule is CCN1C(=O)C(=O)N(Cc2ccn(-c3ccccc3)n2)C1=O. The topological polar surface area (TPSA) is 75.5 Å². The van der Waals surface area contributed by atoms with Crippen LogP contribution in [0.1, 0.15) is 12.6 Å². The molecule has 4 amide bonds. The van der Waals surface area contributed by atoms with Crippen molar-refractivity contribution in [1.82, 2.24) is 19.6 Å². The molecule has 112 valence electrons. The summed E-state index contributed by atoms with van der Waals surface area (Å²) in [6.45, 7) is 1.81. The van der Waals surface area contributed by atoms with Crippen LogP contribution in [-0.2, 0) is 16.1 Å². The Morgan fingerprint density at radius 1 is 0.955 bits per heavy atom. The maximum Gasteiger partial charge on any atom is 0.334 e. The zero-order valence-corrected chi connectivity index (χ0v) is 12.0. The molecule has 0 unspecified atom stereocenters. The van der Waals surface area contributed by atoms with Gasteiger partial charge in [0.05, 0.1) is 17.9 Å². The molecule has 7 nitrogen and oxygen atoms in total.